The fraction of sp³-hybridized carbons (Fsp3) is 0.444. The van der Waals surface area contributed by atoms with E-state index >= 15 is 0 Å². The van der Waals surface area contributed by atoms with Crippen LogP contribution in [0.5, 0.6) is 0 Å². The lowest BCUT2D eigenvalue weighted by molar-refractivity contribution is -0.148. The fourth-order valence-electron chi connectivity index (χ4n) is 3.89. The van der Waals surface area contributed by atoms with Crippen molar-refractivity contribution >= 4 is 11.9 Å². The van der Waals surface area contributed by atoms with Crippen LogP contribution in [0.3, 0.4) is 0 Å². The second-order valence-electron chi connectivity index (χ2n) is 6.91. The van der Waals surface area contributed by atoms with Crippen LogP contribution in [-0.2, 0) is 11.3 Å². The number of anilines is 1. The molecule has 0 aliphatic carbocycles. The van der Waals surface area contributed by atoms with Gasteiger partial charge in [0.1, 0.15) is 5.54 Å². The average Bonchev–Trinajstić information content (AvgIpc) is 3.10. The molecule has 7 nitrogen and oxygen atoms in total. The minimum absolute atomic E-state index is 0.122. The van der Waals surface area contributed by atoms with E-state index in [-0.39, 0.29) is 5.91 Å². The first-order valence-electron chi connectivity index (χ1n) is 8.70. The van der Waals surface area contributed by atoms with Crippen LogP contribution in [0.15, 0.2) is 36.9 Å². The lowest BCUT2D eigenvalue weighted by Crippen LogP contribution is -2.65. The third-order valence-corrected chi connectivity index (χ3v) is 5.29. The van der Waals surface area contributed by atoms with Crippen molar-refractivity contribution in [1.29, 1.82) is 0 Å². The number of piperazine rings is 1. The topological polar surface area (TPSA) is 65.5 Å². The Kier molecular flexibility index (Phi) is 4.28. The number of hydrogen-bond acceptors (Lipinski definition) is 6. The van der Waals surface area contributed by atoms with E-state index < -0.39 is 11.4 Å². The molecule has 26 heavy (non-hydrogen) atoms. The highest BCUT2D eigenvalue weighted by Crippen LogP contribution is 2.35. The van der Waals surface area contributed by atoms with Gasteiger partial charge in [-0.3, -0.25) is 14.7 Å². The molecule has 1 spiro atoms. The van der Waals surface area contributed by atoms with Crippen LogP contribution in [0.25, 0.3) is 0 Å². The number of nitrogens with zero attached hydrogens (tertiary/aromatic N) is 6. The summed E-state index contributed by atoms with van der Waals surface area (Å²) in [6, 6.07) is 3.94. The number of hydrogen-bond donors (Lipinski definition) is 0. The minimum atomic E-state index is -0.611. The largest absolute Gasteiger partial charge is 0.343 e. The Labute approximate surface area is 151 Å². The molecule has 0 saturated carbocycles. The molecule has 1 atom stereocenters. The molecule has 0 unspecified atom stereocenters. The van der Waals surface area contributed by atoms with Crippen LogP contribution in [0.1, 0.15) is 12.0 Å². The summed E-state index contributed by atoms with van der Waals surface area (Å²) in [4.78, 5) is 31.5. The van der Waals surface area contributed by atoms with Gasteiger partial charge in [-0.2, -0.15) is 0 Å². The van der Waals surface area contributed by atoms with E-state index in [0.717, 1.165) is 24.5 Å². The van der Waals surface area contributed by atoms with Crippen LogP contribution in [-0.4, -0.2) is 69.4 Å². The van der Waals surface area contributed by atoms with E-state index in [0.29, 0.717) is 38.5 Å². The molecule has 136 valence electrons. The molecule has 8 heteroatoms. The van der Waals surface area contributed by atoms with E-state index in [1.54, 1.807) is 11.1 Å². The summed E-state index contributed by atoms with van der Waals surface area (Å²) in [5, 5.41) is 0. The maximum absolute atomic E-state index is 13.1. The van der Waals surface area contributed by atoms with E-state index in [1.807, 2.05) is 30.3 Å². The number of rotatable bonds is 3. The van der Waals surface area contributed by atoms with Crippen molar-refractivity contribution < 1.29 is 9.18 Å². The molecule has 0 aromatic carbocycles. The molecule has 2 aromatic rings. The van der Waals surface area contributed by atoms with Crippen molar-refractivity contribution in [3.8, 4) is 0 Å². The Morgan fingerprint density at radius 3 is 2.73 bits per heavy atom. The van der Waals surface area contributed by atoms with Crippen molar-refractivity contribution in [1.82, 2.24) is 24.8 Å². The minimum Gasteiger partial charge on any atom is -0.343 e. The maximum atomic E-state index is 13.1. The molecule has 2 saturated heterocycles. The third kappa shape index (κ3) is 2.90. The van der Waals surface area contributed by atoms with Gasteiger partial charge in [0.2, 0.25) is 11.9 Å². The Balaban J connectivity index is 1.61. The van der Waals surface area contributed by atoms with E-state index in [4.69, 9.17) is 0 Å². The van der Waals surface area contributed by atoms with Gasteiger partial charge >= 0.3 is 0 Å². The maximum Gasteiger partial charge on any atom is 0.244 e. The van der Waals surface area contributed by atoms with Gasteiger partial charge in [0.25, 0.3) is 0 Å². The quantitative estimate of drug-likeness (QED) is 0.815. The predicted octanol–water partition coefficient (Wildman–Crippen LogP) is 0.934. The molecule has 0 radical (unpaired) electrons. The summed E-state index contributed by atoms with van der Waals surface area (Å²) in [7, 11) is 1.85. The van der Waals surface area contributed by atoms with Gasteiger partial charge in [-0.1, -0.05) is 6.07 Å². The number of carbonyl (C=O) groups excluding carboxylic acids is 1. The Morgan fingerprint density at radius 2 is 2.00 bits per heavy atom. The SMILES string of the molecule is CN1CCN(Cc2cccnc2)[C@@]2(CCN(c3ncc(F)cn3)C2)C1=O. The first kappa shape index (κ1) is 16.8. The van der Waals surface area contributed by atoms with Crippen molar-refractivity contribution in [2.75, 3.05) is 38.1 Å². The van der Waals surface area contributed by atoms with Crippen LogP contribution in [0.4, 0.5) is 10.3 Å². The lowest BCUT2D eigenvalue weighted by Gasteiger charge is -2.46. The monoisotopic (exact) mass is 356 g/mol. The molecule has 0 bridgehead atoms. The predicted molar refractivity (Wildman–Crippen MR) is 93.8 cm³/mol. The third-order valence-electron chi connectivity index (χ3n) is 5.29. The first-order chi connectivity index (χ1) is 12.6. The van der Waals surface area contributed by atoms with Crippen molar-refractivity contribution in [2.24, 2.45) is 0 Å². The molecule has 2 aliphatic rings. The molecule has 2 aliphatic heterocycles. The fourth-order valence-corrected chi connectivity index (χ4v) is 3.89. The number of carbonyl (C=O) groups is 1. The standard InChI is InChI=1S/C18H21FN6O/c1-23-7-8-25(12-14-3-2-5-20-9-14)18(16(23)26)4-6-24(13-18)17-21-10-15(19)11-22-17/h2-3,5,9-11H,4,6-8,12-13H2,1H3/t18-/m1/s1. The highest BCUT2D eigenvalue weighted by molar-refractivity contribution is 5.88. The molecule has 4 rings (SSSR count). The zero-order valence-corrected chi connectivity index (χ0v) is 14.7. The lowest BCUT2D eigenvalue weighted by atomic mass is 9.91. The van der Waals surface area contributed by atoms with Crippen LogP contribution < -0.4 is 4.90 Å². The van der Waals surface area contributed by atoms with E-state index in [2.05, 4.69) is 19.9 Å². The summed E-state index contributed by atoms with van der Waals surface area (Å²) in [5.41, 5.74) is 0.473. The number of amides is 1. The highest BCUT2D eigenvalue weighted by Gasteiger charge is 2.52. The van der Waals surface area contributed by atoms with Crippen LogP contribution in [0.2, 0.25) is 0 Å². The van der Waals surface area contributed by atoms with Gasteiger partial charge in [0, 0.05) is 52.2 Å². The smallest absolute Gasteiger partial charge is 0.244 e. The van der Waals surface area contributed by atoms with Crippen LogP contribution >= 0.6 is 0 Å². The van der Waals surface area contributed by atoms with E-state index in [9.17, 15) is 9.18 Å². The summed E-state index contributed by atoms with van der Waals surface area (Å²) in [5.74, 6) is 0.122. The molecule has 2 aromatic heterocycles. The van der Waals surface area contributed by atoms with Gasteiger partial charge in [-0.15, -0.1) is 0 Å². The Hall–Kier alpha value is -2.61. The molecular formula is C18H21FN6O. The molecule has 4 heterocycles. The molecule has 2 fully saturated rings. The summed E-state index contributed by atoms with van der Waals surface area (Å²) >= 11 is 0. The Bertz CT molecular complexity index is 786. The number of likely N-dealkylation sites (N-methyl/N-ethyl adjacent to an activating group) is 1. The van der Waals surface area contributed by atoms with Gasteiger partial charge in [0.05, 0.1) is 12.4 Å². The van der Waals surface area contributed by atoms with Gasteiger partial charge < -0.3 is 9.80 Å². The average molecular weight is 356 g/mol. The van der Waals surface area contributed by atoms with Crippen molar-refractivity contribution in [2.45, 2.75) is 18.5 Å². The van der Waals surface area contributed by atoms with Crippen molar-refractivity contribution in [3.05, 3.63) is 48.3 Å². The number of pyridine rings is 1. The van der Waals surface area contributed by atoms with Gasteiger partial charge in [0.15, 0.2) is 5.82 Å². The number of aromatic nitrogens is 3. The van der Waals surface area contributed by atoms with Gasteiger partial charge in [-0.25, -0.2) is 14.4 Å². The normalized spacial score (nSPS) is 23.8. The van der Waals surface area contributed by atoms with Crippen LogP contribution in [0, 0.1) is 5.82 Å². The second kappa shape index (κ2) is 6.60. The van der Waals surface area contributed by atoms with E-state index in [1.165, 1.54) is 0 Å². The summed E-state index contributed by atoms with van der Waals surface area (Å²) in [6.07, 6.45) is 6.60. The molecule has 0 N–H and O–H groups in total. The zero-order chi connectivity index (χ0) is 18.1. The highest BCUT2D eigenvalue weighted by atomic mass is 19.1. The van der Waals surface area contributed by atoms with Gasteiger partial charge in [-0.05, 0) is 18.1 Å². The first-order valence-corrected chi connectivity index (χ1v) is 8.70. The number of halogens is 1. The zero-order valence-electron chi connectivity index (χ0n) is 14.7. The Morgan fingerprint density at radius 1 is 1.19 bits per heavy atom. The van der Waals surface area contributed by atoms with Crippen molar-refractivity contribution in [3.63, 3.8) is 0 Å². The molecular weight excluding hydrogens is 335 g/mol. The second-order valence-corrected chi connectivity index (χ2v) is 6.91. The summed E-state index contributed by atoms with van der Waals surface area (Å²) < 4.78 is 13.1. The summed E-state index contributed by atoms with van der Waals surface area (Å²) in [6.45, 7) is 3.34. The molecule has 1 amide bonds.